The molecule has 0 bridgehead atoms. The second-order valence-electron chi connectivity index (χ2n) is 4.02. The quantitative estimate of drug-likeness (QED) is 0.843. The summed E-state index contributed by atoms with van der Waals surface area (Å²) in [5.41, 5.74) is 2.73. The highest BCUT2D eigenvalue weighted by molar-refractivity contribution is 7.98. The van der Waals surface area contributed by atoms with Crippen molar-refractivity contribution in [3.63, 3.8) is 0 Å². The van der Waals surface area contributed by atoms with Crippen molar-refractivity contribution in [3.05, 3.63) is 59.7 Å². The molecule has 1 amide bonds. The molecule has 3 heteroatoms. The number of anilines is 1. The first kappa shape index (κ1) is 12.7. The van der Waals surface area contributed by atoms with Gasteiger partial charge in [-0.3, -0.25) is 4.79 Å². The van der Waals surface area contributed by atoms with Gasteiger partial charge >= 0.3 is 0 Å². The molecular weight excluding hydrogens is 242 g/mol. The zero-order chi connectivity index (χ0) is 13.0. The molecule has 18 heavy (non-hydrogen) atoms. The lowest BCUT2D eigenvalue weighted by molar-refractivity contribution is 0.102. The Morgan fingerprint density at radius 2 is 1.83 bits per heavy atom. The molecule has 0 aromatic heterocycles. The molecule has 0 fully saturated rings. The van der Waals surface area contributed by atoms with Gasteiger partial charge in [0.25, 0.3) is 5.91 Å². The van der Waals surface area contributed by atoms with Crippen LogP contribution in [-0.4, -0.2) is 12.2 Å². The molecule has 0 unspecified atom stereocenters. The molecular formula is C15H15NOS. The number of carbonyl (C=O) groups excluding carboxylic acids is 1. The fourth-order valence-electron chi connectivity index (χ4n) is 1.69. The van der Waals surface area contributed by atoms with E-state index in [9.17, 15) is 4.79 Å². The van der Waals surface area contributed by atoms with E-state index in [2.05, 4.69) is 11.4 Å². The van der Waals surface area contributed by atoms with Crippen LogP contribution in [0.3, 0.4) is 0 Å². The molecule has 0 saturated heterocycles. The van der Waals surface area contributed by atoms with Gasteiger partial charge in [-0.15, -0.1) is 11.8 Å². The number of amides is 1. The Morgan fingerprint density at radius 3 is 2.50 bits per heavy atom. The Bertz CT molecular complexity index is 552. The van der Waals surface area contributed by atoms with Gasteiger partial charge in [0.05, 0.1) is 5.69 Å². The number of nitrogens with one attached hydrogen (secondary N) is 1. The fraction of sp³-hybridized carbons (Fsp3) is 0.133. The summed E-state index contributed by atoms with van der Waals surface area (Å²) >= 11 is 1.63. The highest BCUT2D eigenvalue weighted by Crippen LogP contribution is 2.26. The minimum Gasteiger partial charge on any atom is -0.321 e. The van der Waals surface area contributed by atoms with Crippen molar-refractivity contribution in [2.24, 2.45) is 0 Å². The summed E-state index contributed by atoms with van der Waals surface area (Å²) < 4.78 is 0. The first-order valence-corrected chi connectivity index (χ1v) is 6.94. The molecule has 0 radical (unpaired) electrons. The van der Waals surface area contributed by atoms with Crippen LogP contribution in [0.2, 0.25) is 0 Å². The van der Waals surface area contributed by atoms with Gasteiger partial charge in [0.15, 0.2) is 0 Å². The third-order valence-electron chi connectivity index (χ3n) is 2.64. The molecule has 0 aliphatic rings. The Hall–Kier alpha value is -1.74. The standard InChI is InChI=1S/C15H15NOS/c1-11-8-9-13(14(10-11)18-2)16-15(17)12-6-4-3-5-7-12/h3-10H,1-2H3,(H,16,17). The Morgan fingerprint density at radius 1 is 1.11 bits per heavy atom. The summed E-state index contributed by atoms with van der Waals surface area (Å²) in [6.45, 7) is 2.04. The molecule has 0 aliphatic carbocycles. The Labute approximate surface area is 111 Å². The second-order valence-corrected chi connectivity index (χ2v) is 4.87. The molecule has 2 rings (SSSR count). The van der Waals surface area contributed by atoms with Crippen LogP contribution in [0.25, 0.3) is 0 Å². The third kappa shape index (κ3) is 2.93. The smallest absolute Gasteiger partial charge is 0.255 e. The van der Waals surface area contributed by atoms with Crippen molar-refractivity contribution in [2.75, 3.05) is 11.6 Å². The topological polar surface area (TPSA) is 29.1 Å². The Balaban J connectivity index is 2.22. The Kier molecular flexibility index (Phi) is 4.05. The molecule has 92 valence electrons. The van der Waals surface area contributed by atoms with Crippen LogP contribution in [0.1, 0.15) is 15.9 Å². The van der Waals surface area contributed by atoms with Gasteiger partial charge in [0, 0.05) is 10.5 Å². The first-order chi connectivity index (χ1) is 8.70. The molecule has 0 saturated carbocycles. The van der Waals surface area contributed by atoms with E-state index in [1.54, 1.807) is 11.8 Å². The van der Waals surface area contributed by atoms with E-state index in [1.807, 2.05) is 55.6 Å². The van der Waals surface area contributed by atoms with E-state index in [0.717, 1.165) is 10.6 Å². The predicted molar refractivity (Wildman–Crippen MR) is 77.4 cm³/mol. The highest BCUT2D eigenvalue weighted by Gasteiger charge is 2.08. The van der Waals surface area contributed by atoms with Crippen LogP contribution in [0.4, 0.5) is 5.69 Å². The molecule has 0 aliphatic heterocycles. The van der Waals surface area contributed by atoms with E-state index in [1.165, 1.54) is 5.56 Å². The molecule has 0 spiro atoms. The summed E-state index contributed by atoms with van der Waals surface area (Å²) in [7, 11) is 0. The highest BCUT2D eigenvalue weighted by atomic mass is 32.2. The minimum atomic E-state index is -0.0743. The van der Waals surface area contributed by atoms with Gasteiger partial charge < -0.3 is 5.32 Å². The van der Waals surface area contributed by atoms with E-state index < -0.39 is 0 Å². The van der Waals surface area contributed by atoms with Crippen molar-refractivity contribution in [2.45, 2.75) is 11.8 Å². The molecule has 2 nitrogen and oxygen atoms in total. The third-order valence-corrected chi connectivity index (χ3v) is 3.42. The number of rotatable bonds is 3. The maximum absolute atomic E-state index is 12.0. The minimum absolute atomic E-state index is 0.0743. The number of hydrogen-bond acceptors (Lipinski definition) is 2. The molecule has 2 aromatic rings. The summed E-state index contributed by atoms with van der Waals surface area (Å²) in [6.07, 6.45) is 2.01. The molecule has 2 aromatic carbocycles. The van der Waals surface area contributed by atoms with E-state index >= 15 is 0 Å². The van der Waals surface area contributed by atoms with Crippen molar-refractivity contribution < 1.29 is 4.79 Å². The van der Waals surface area contributed by atoms with Crippen LogP contribution in [0.5, 0.6) is 0 Å². The van der Waals surface area contributed by atoms with Gasteiger partial charge in [0.2, 0.25) is 0 Å². The van der Waals surface area contributed by atoms with Crippen LogP contribution >= 0.6 is 11.8 Å². The largest absolute Gasteiger partial charge is 0.321 e. The van der Waals surface area contributed by atoms with Gasteiger partial charge in [-0.25, -0.2) is 0 Å². The average molecular weight is 257 g/mol. The van der Waals surface area contributed by atoms with Crippen molar-refractivity contribution in [3.8, 4) is 0 Å². The SMILES string of the molecule is CSc1cc(C)ccc1NC(=O)c1ccccc1. The number of hydrogen-bond donors (Lipinski definition) is 1. The van der Waals surface area contributed by atoms with E-state index in [4.69, 9.17) is 0 Å². The molecule has 0 heterocycles. The summed E-state index contributed by atoms with van der Waals surface area (Å²) in [5.74, 6) is -0.0743. The number of benzene rings is 2. The fourth-order valence-corrected chi connectivity index (χ4v) is 2.33. The van der Waals surface area contributed by atoms with Crippen molar-refractivity contribution >= 4 is 23.4 Å². The van der Waals surface area contributed by atoms with Gasteiger partial charge in [-0.05, 0) is 43.0 Å². The van der Waals surface area contributed by atoms with Crippen LogP contribution in [0, 0.1) is 6.92 Å². The monoisotopic (exact) mass is 257 g/mol. The first-order valence-electron chi connectivity index (χ1n) is 5.72. The van der Waals surface area contributed by atoms with E-state index in [-0.39, 0.29) is 5.91 Å². The normalized spacial score (nSPS) is 10.1. The maximum atomic E-state index is 12.0. The predicted octanol–water partition coefficient (Wildman–Crippen LogP) is 3.97. The van der Waals surface area contributed by atoms with Crippen LogP contribution in [-0.2, 0) is 0 Å². The number of aryl methyl sites for hydroxylation is 1. The van der Waals surface area contributed by atoms with Crippen molar-refractivity contribution in [1.29, 1.82) is 0 Å². The maximum Gasteiger partial charge on any atom is 0.255 e. The van der Waals surface area contributed by atoms with E-state index in [0.29, 0.717) is 5.56 Å². The second kappa shape index (κ2) is 5.74. The van der Waals surface area contributed by atoms with Crippen molar-refractivity contribution in [1.82, 2.24) is 0 Å². The summed E-state index contributed by atoms with van der Waals surface area (Å²) in [4.78, 5) is 13.1. The van der Waals surface area contributed by atoms with Gasteiger partial charge in [0.1, 0.15) is 0 Å². The lowest BCUT2D eigenvalue weighted by Gasteiger charge is -2.10. The molecule has 1 N–H and O–H groups in total. The summed E-state index contributed by atoms with van der Waals surface area (Å²) in [5, 5.41) is 2.95. The zero-order valence-electron chi connectivity index (χ0n) is 10.4. The zero-order valence-corrected chi connectivity index (χ0v) is 11.3. The van der Waals surface area contributed by atoms with Gasteiger partial charge in [-0.2, -0.15) is 0 Å². The van der Waals surface area contributed by atoms with Crippen LogP contribution in [0.15, 0.2) is 53.4 Å². The molecule has 0 atom stereocenters. The summed E-state index contributed by atoms with van der Waals surface area (Å²) in [6, 6.07) is 15.3. The number of carbonyl (C=O) groups is 1. The van der Waals surface area contributed by atoms with Crippen LogP contribution < -0.4 is 5.32 Å². The lowest BCUT2D eigenvalue weighted by atomic mass is 10.2. The van der Waals surface area contributed by atoms with Gasteiger partial charge in [-0.1, -0.05) is 24.3 Å². The average Bonchev–Trinajstić information content (AvgIpc) is 2.41. The lowest BCUT2D eigenvalue weighted by Crippen LogP contribution is -2.12. The number of thioether (sulfide) groups is 1.